The van der Waals surface area contributed by atoms with Crippen molar-refractivity contribution in [2.45, 2.75) is 50.9 Å². The summed E-state index contributed by atoms with van der Waals surface area (Å²) >= 11 is 0. The molecule has 0 aromatic rings. The van der Waals surface area contributed by atoms with Crippen LogP contribution >= 0.6 is 0 Å². The molecule has 106 valence electrons. The molecular formula is C13H19NO5. The highest BCUT2D eigenvalue weighted by atomic mass is 16.5. The zero-order valence-electron chi connectivity index (χ0n) is 10.9. The molecule has 6 heteroatoms. The number of aliphatic carboxylic acids is 1. The van der Waals surface area contributed by atoms with Crippen LogP contribution in [-0.4, -0.2) is 51.8 Å². The Bertz CT molecular complexity index is 406. The van der Waals surface area contributed by atoms with Crippen LogP contribution in [0.15, 0.2) is 11.8 Å². The summed E-state index contributed by atoms with van der Waals surface area (Å²) in [5.74, 6) is -1.42. The second-order valence-electron chi connectivity index (χ2n) is 4.95. The van der Waals surface area contributed by atoms with E-state index in [0.29, 0.717) is 19.4 Å². The Morgan fingerprint density at radius 1 is 1.58 bits per heavy atom. The molecule has 3 atom stereocenters. The van der Waals surface area contributed by atoms with Gasteiger partial charge in [0.25, 0.3) is 0 Å². The Morgan fingerprint density at radius 2 is 2.32 bits per heavy atom. The van der Waals surface area contributed by atoms with Crippen LogP contribution in [0, 0.1) is 0 Å². The van der Waals surface area contributed by atoms with Crippen molar-refractivity contribution in [2.24, 2.45) is 0 Å². The van der Waals surface area contributed by atoms with Gasteiger partial charge in [-0.2, -0.15) is 0 Å². The summed E-state index contributed by atoms with van der Waals surface area (Å²) in [5, 5.41) is 19.1. The molecule has 1 fully saturated rings. The van der Waals surface area contributed by atoms with E-state index in [4.69, 9.17) is 9.84 Å². The van der Waals surface area contributed by atoms with Crippen LogP contribution in [0.1, 0.15) is 32.6 Å². The number of hydrogen-bond donors (Lipinski definition) is 2. The lowest BCUT2D eigenvalue weighted by molar-refractivity contribution is -0.144. The van der Waals surface area contributed by atoms with E-state index in [9.17, 15) is 14.7 Å². The zero-order valence-corrected chi connectivity index (χ0v) is 10.9. The van der Waals surface area contributed by atoms with Gasteiger partial charge in [0.05, 0.1) is 6.04 Å². The topological polar surface area (TPSA) is 87.1 Å². The van der Waals surface area contributed by atoms with Crippen molar-refractivity contribution in [1.29, 1.82) is 0 Å². The minimum atomic E-state index is -1.19. The zero-order chi connectivity index (χ0) is 14.0. The molecule has 0 bridgehead atoms. The van der Waals surface area contributed by atoms with Crippen LogP contribution in [-0.2, 0) is 14.3 Å². The molecule has 0 aromatic carbocycles. The summed E-state index contributed by atoms with van der Waals surface area (Å²) in [4.78, 5) is 24.4. The van der Waals surface area contributed by atoms with Crippen molar-refractivity contribution in [2.75, 3.05) is 6.54 Å². The van der Waals surface area contributed by atoms with Gasteiger partial charge in [-0.15, -0.1) is 0 Å². The standard InChI is InChI=1S/C13H19NO5/c1-2-4-9-12(14-6-3-5-11(14)16)8(15)7-10(19-9)13(17)18/h7-9,12,15H,2-6H2,1H3,(H,17,18)/t8-,9+,12+/m0/s1. The molecule has 2 heterocycles. The second-order valence-corrected chi connectivity index (χ2v) is 4.95. The molecule has 0 aromatic heterocycles. The Balaban J connectivity index is 2.24. The smallest absolute Gasteiger partial charge is 0.370 e. The second kappa shape index (κ2) is 5.61. The molecular weight excluding hydrogens is 250 g/mol. The first-order valence-electron chi connectivity index (χ1n) is 6.64. The minimum Gasteiger partial charge on any atom is -0.481 e. The van der Waals surface area contributed by atoms with E-state index in [1.54, 1.807) is 4.90 Å². The van der Waals surface area contributed by atoms with Crippen LogP contribution < -0.4 is 0 Å². The van der Waals surface area contributed by atoms with E-state index in [0.717, 1.165) is 12.8 Å². The van der Waals surface area contributed by atoms with Crippen molar-refractivity contribution in [1.82, 2.24) is 4.90 Å². The molecule has 2 rings (SSSR count). The predicted octanol–water partition coefficient (Wildman–Crippen LogP) is 0.506. The van der Waals surface area contributed by atoms with Crippen LogP contribution in [0.2, 0.25) is 0 Å². The van der Waals surface area contributed by atoms with Crippen molar-refractivity contribution < 1.29 is 24.5 Å². The summed E-state index contributed by atoms with van der Waals surface area (Å²) in [6, 6.07) is -0.474. The van der Waals surface area contributed by atoms with Crippen LogP contribution in [0.4, 0.5) is 0 Å². The van der Waals surface area contributed by atoms with E-state index in [1.807, 2.05) is 6.92 Å². The molecule has 6 nitrogen and oxygen atoms in total. The highest BCUT2D eigenvalue weighted by Gasteiger charge is 2.42. The lowest BCUT2D eigenvalue weighted by atomic mass is 9.96. The van der Waals surface area contributed by atoms with Gasteiger partial charge in [0, 0.05) is 13.0 Å². The Labute approximate surface area is 111 Å². The first-order chi connectivity index (χ1) is 9.04. The average molecular weight is 269 g/mol. The first kappa shape index (κ1) is 13.9. The number of ether oxygens (including phenoxy) is 1. The molecule has 19 heavy (non-hydrogen) atoms. The number of carbonyl (C=O) groups is 2. The number of hydrogen-bond acceptors (Lipinski definition) is 4. The number of nitrogens with zero attached hydrogens (tertiary/aromatic N) is 1. The third kappa shape index (κ3) is 2.73. The fraction of sp³-hybridized carbons (Fsp3) is 0.692. The summed E-state index contributed by atoms with van der Waals surface area (Å²) < 4.78 is 5.44. The summed E-state index contributed by atoms with van der Waals surface area (Å²) in [6.45, 7) is 2.55. The van der Waals surface area contributed by atoms with Gasteiger partial charge in [-0.25, -0.2) is 4.79 Å². The maximum atomic E-state index is 11.8. The van der Waals surface area contributed by atoms with Gasteiger partial charge in [-0.1, -0.05) is 13.3 Å². The maximum Gasteiger partial charge on any atom is 0.370 e. The molecule has 0 radical (unpaired) electrons. The number of likely N-dealkylation sites (tertiary alicyclic amines) is 1. The van der Waals surface area contributed by atoms with Crippen LogP contribution in [0.25, 0.3) is 0 Å². The fourth-order valence-electron chi connectivity index (χ4n) is 2.75. The summed E-state index contributed by atoms with van der Waals surface area (Å²) in [5.41, 5.74) is 0. The lowest BCUT2D eigenvalue weighted by Gasteiger charge is -2.39. The fourth-order valence-corrected chi connectivity index (χ4v) is 2.75. The Morgan fingerprint density at radius 3 is 2.84 bits per heavy atom. The van der Waals surface area contributed by atoms with Crippen molar-refractivity contribution >= 4 is 11.9 Å². The van der Waals surface area contributed by atoms with Crippen molar-refractivity contribution in [3.63, 3.8) is 0 Å². The molecule has 0 aliphatic carbocycles. The number of carbonyl (C=O) groups excluding carboxylic acids is 1. The van der Waals surface area contributed by atoms with Gasteiger partial charge >= 0.3 is 5.97 Å². The Kier molecular flexibility index (Phi) is 4.09. The van der Waals surface area contributed by atoms with E-state index in [2.05, 4.69) is 0 Å². The van der Waals surface area contributed by atoms with Crippen LogP contribution in [0.3, 0.4) is 0 Å². The Hall–Kier alpha value is -1.56. The molecule has 1 amide bonds. The van der Waals surface area contributed by atoms with Gasteiger partial charge in [0.1, 0.15) is 12.2 Å². The third-order valence-electron chi connectivity index (χ3n) is 3.59. The van der Waals surface area contributed by atoms with E-state index in [-0.39, 0.29) is 11.7 Å². The van der Waals surface area contributed by atoms with Gasteiger partial charge < -0.3 is 19.8 Å². The van der Waals surface area contributed by atoms with Gasteiger partial charge in [0.2, 0.25) is 11.7 Å². The van der Waals surface area contributed by atoms with Gasteiger partial charge in [0.15, 0.2) is 0 Å². The summed E-state index contributed by atoms with van der Waals surface area (Å²) in [7, 11) is 0. The summed E-state index contributed by atoms with van der Waals surface area (Å²) in [6.07, 6.45) is 2.40. The minimum absolute atomic E-state index is 0.000859. The van der Waals surface area contributed by atoms with Crippen molar-refractivity contribution in [3.8, 4) is 0 Å². The number of amides is 1. The molecule has 0 saturated carbocycles. The largest absolute Gasteiger partial charge is 0.481 e. The number of aliphatic hydroxyl groups excluding tert-OH is 1. The third-order valence-corrected chi connectivity index (χ3v) is 3.59. The van der Waals surface area contributed by atoms with Gasteiger partial charge in [-0.3, -0.25) is 4.79 Å². The van der Waals surface area contributed by atoms with E-state index in [1.165, 1.54) is 6.08 Å². The molecule has 1 saturated heterocycles. The maximum absolute atomic E-state index is 11.8. The number of rotatable bonds is 4. The molecule has 2 aliphatic heterocycles. The van der Waals surface area contributed by atoms with Crippen LogP contribution in [0.5, 0.6) is 0 Å². The molecule has 2 N–H and O–H groups in total. The number of aliphatic hydroxyl groups is 1. The normalized spacial score (nSPS) is 31.1. The molecule has 2 aliphatic rings. The first-order valence-corrected chi connectivity index (χ1v) is 6.64. The lowest BCUT2D eigenvalue weighted by Crippen LogP contribution is -2.54. The average Bonchev–Trinajstić information content (AvgIpc) is 2.75. The molecule has 0 unspecified atom stereocenters. The van der Waals surface area contributed by atoms with E-state index < -0.39 is 24.2 Å². The van der Waals surface area contributed by atoms with Crippen molar-refractivity contribution in [3.05, 3.63) is 11.8 Å². The van der Waals surface area contributed by atoms with E-state index >= 15 is 0 Å². The highest BCUT2D eigenvalue weighted by molar-refractivity contribution is 5.85. The monoisotopic (exact) mass is 269 g/mol. The number of carboxylic acids is 1. The number of carboxylic acid groups (broad SMARTS) is 1. The SMILES string of the molecule is CCC[C@H]1OC(C(=O)O)=C[C@H](O)[C@H]1N1CCCC1=O. The highest BCUT2D eigenvalue weighted by Crippen LogP contribution is 2.28. The van der Waals surface area contributed by atoms with Gasteiger partial charge in [-0.05, 0) is 18.9 Å². The predicted molar refractivity (Wildman–Crippen MR) is 66.2 cm³/mol. The quantitative estimate of drug-likeness (QED) is 0.776. The molecule has 0 spiro atoms.